The average molecular weight is 522 g/mol. The maximum absolute atomic E-state index is 14.2. The summed E-state index contributed by atoms with van der Waals surface area (Å²) in [7, 11) is -2.97. The number of para-hydroxylation sites is 1. The Morgan fingerprint density at radius 1 is 1.19 bits per heavy atom. The van der Waals surface area contributed by atoms with E-state index in [4.69, 9.17) is 5.73 Å². The van der Waals surface area contributed by atoms with Crippen molar-refractivity contribution >= 4 is 39.2 Å². The van der Waals surface area contributed by atoms with Crippen molar-refractivity contribution < 1.29 is 27.1 Å². The predicted octanol–water partition coefficient (Wildman–Crippen LogP) is 3.87. The Kier molecular flexibility index (Phi) is 6.45. The van der Waals surface area contributed by atoms with Gasteiger partial charge in [-0.05, 0) is 24.6 Å². The van der Waals surface area contributed by atoms with Crippen molar-refractivity contribution in [1.29, 1.82) is 0 Å². The van der Waals surface area contributed by atoms with E-state index in [0.717, 1.165) is 12.1 Å². The van der Waals surface area contributed by atoms with Crippen LogP contribution in [0.4, 0.5) is 24.8 Å². The lowest BCUT2D eigenvalue weighted by atomic mass is 10.1. The fraction of sp³-hybridized carbons (Fsp3) is 0.333. The molecular formula is C24H26F3N5O3S. The van der Waals surface area contributed by atoms with Gasteiger partial charge in [-0.2, -0.15) is 10.6 Å². The quantitative estimate of drug-likeness (QED) is 0.471. The van der Waals surface area contributed by atoms with E-state index in [-0.39, 0.29) is 48.8 Å². The Balaban J connectivity index is 1.55. The molecule has 4 N–H and O–H groups in total. The zero-order valence-corrected chi connectivity index (χ0v) is 20.0. The molecule has 0 saturated carbocycles. The smallest absolute Gasteiger partial charge is 0.247 e. The van der Waals surface area contributed by atoms with Gasteiger partial charge < -0.3 is 20.1 Å². The Bertz CT molecular complexity index is 1320. The second-order valence-electron chi connectivity index (χ2n) is 9.05. The first-order valence-corrected chi connectivity index (χ1v) is 13.2. The van der Waals surface area contributed by atoms with Crippen LogP contribution in [-0.2, 0) is 11.3 Å². The second kappa shape index (κ2) is 9.43. The second-order valence-corrected chi connectivity index (χ2v) is 11.1. The molecular weight excluding hydrogens is 495 g/mol. The molecule has 2 aliphatic heterocycles. The number of hydrogen-bond acceptors (Lipinski definition) is 6. The Morgan fingerprint density at radius 2 is 1.92 bits per heavy atom. The molecule has 8 nitrogen and oxygen atoms in total. The van der Waals surface area contributed by atoms with Crippen molar-refractivity contribution in [3.05, 3.63) is 65.6 Å². The molecule has 0 bridgehead atoms. The zero-order chi connectivity index (χ0) is 25.6. The van der Waals surface area contributed by atoms with Crippen LogP contribution in [0.1, 0.15) is 6.42 Å². The van der Waals surface area contributed by atoms with Crippen LogP contribution in [0.3, 0.4) is 0 Å². The van der Waals surface area contributed by atoms with Crippen LogP contribution in [0.2, 0.25) is 0 Å². The molecule has 0 spiro atoms. The molecule has 12 heteroatoms. The molecule has 3 aromatic rings. The van der Waals surface area contributed by atoms with Crippen LogP contribution in [0.5, 0.6) is 0 Å². The third-order valence-electron chi connectivity index (χ3n) is 6.49. The Labute approximate surface area is 207 Å². The van der Waals surface area contributed by atoms with Crippen molar-refractivity contribution in [1.82, 2.24) is 9.55 Å². The minimum Gasteiger partial charge on any atom is -0.340 e. The maximum atomic E-state index is 14.2. The number of carbonyl (C=O) groups is 1. The normalized spacial score (nSPS) is 24.3. The molecule has 2 aromatic carbocycles. The van der Waals surface area contributed by atoms with Crippen LogP contribution >= 0.6 is 10.6 Å². The first-order valence-electron chi connectivity index (χ1n) is 11.4. The van der Waals surface area contributed by atoms with Crippen molar-refractivity contribution in [2.45, 2.75) is 31.2 Å². The largest absolute Gasteiger partial charge is 0.340 e. The molecule has 3 heterocycles. The number of alkyl halides is 1. The first kappa shape index (κ1) is 24.6. The Morgan fingerprint density at radius 3 is 2.58 bits per heavy atom. The first-order chi connectivity index (χ1) is 17.1. The number of rotatable bonds is 5. The number of fused-ring (bicyclic) bond motifs is 1. The highest BCUT2D eigenvalue weighted by Crippen LogP contribution is 2.47. The summed E-state index contributed by atoms with van der Waals surface area (Å²) in [5, 5.41) is 1.31. The monoisotopic (exact) mass is 521 g/mol. The molecule has 2 aliphatic rings. The minimum absolute atomic E-state index is 0.0517. The molecule has 0 aliphatic carbocycles. The molecule has 192 valence electrons. The average Bonchev–Trinajstić information content (AvgIpc) is 3.36. The summed E-state index contributed by atoms with van der Waals surface area (Å²) < 4.78 is 64.0. The lowest BCUT2D eigenvalue weighted by Gasteiger charge is -2.35. The summed E-state index contributed by atoms with van der Waals surface area (Å²) in [6.07, 6.45) is 0.549. The fourth-order valence-electron chi connectivity index (χ4n) is 4.70. The number of nitrogens with zero attached hydrogens (tertiary/aromatic N) is 4. The van der Waals surface area contributed by atoms with E-state index >= 15 is 0 Å². The van der Waals surface area contributed by atoms with E-state index in [0.29, 0.717) is 5.69 Å². The van der Waals surface area contributed by atoms with E-state index in [9.17, 15) is 27.1 Å². The number of carbonyl (C=O) groups excluding carboxylic acids is 1. The van der Waals surface area contributed by atoms with E-state index < -0.39 is 46.4 Å². The number of aromatic nitrogens is 2. The molecule has 1 fully saturated rings. The van der Waals surface area contributed by atoms with Crippen LogP contribution in [-0.4, -0.2) is 61.7 Å². The van der Waals surface area contributed by atoms with Gasteiger partial charge in [0.2, 0.25) is 11.9 Å². The van der Waals surface area contributed by atoms with Gasteiger partial charge in [0, 0.05) is 36.3 Å². The molecule has 3 atom stereocenters. The van der Waals surface area contributed by atoms with Crippen molar-refractivity contribution in [3.63, 3.8) is 0 Å². The van der Waals surface area contributed by atoms with Gasteiger partial charge in [0.25, 0.3) is 0 Å². The maximum Gasteiger partial charge on any atom is 0.247 e. The summed E-state index contributed by atoms with van der Waals surface area (Å²) in [5.74, 6) is -2.39. The number of hydrogen-bond donors (Lipinski definition) is 3. The van der Waals surface area contributed by atoms with Gasteiger partial charge in [0.05, 0.1) is 28.9 Å². The number of amides is 1. The third-order valence-corrected chi connectivity index (χ3v) is 7.91. The highest BCUT2D eigenvalue weighted by atomic mass is 32.3. The number of anilines is 2. The van der Waals surface area contributed by atoms with Crippen LogP contribution in [0, 0.1) is 11.6 Å². The predicted molar refractivity (Wildman–Crippen MR) is 134 cm³/mol. The number of imidazole rings is 1. The molecule has 5 rings (SSSR count). The SMILES string of the molecule is N[C@@H]1CN(c2nc3cc(F)c(F)cc3n2CC(=O)N(c2ccccc2)C2C=CS(O)(O)C2)CC[C@H]1F. The molecule has 1 amide bonds. The van der Waals surface area contributed by atoms with Gasteiger partial charge in [-0.1, -0.05) is 18.2 Å². The van der Waals surface area contributed by atoms with Gasteiger partial charge >= 0.3 is 0 Å². The van der Waals surface area contributed by atoms with Gasteiger partial charge in [-0.3, -0.25) is 13.9 Å². The Hall–Kier alpha value is -3.06. The molecule has 36 heavy (non-hydrogen) atoms. The van der Waals surface area contributed by atoms with Crippen LogP contribution in [0.25, 0.3) is 11.0 Å². The highest BCUT2D eigenvalue weighted by Gasteiger charge is 2.34. The summed E-state index contributed by atoms with van der Waals surface area (Å²) >= 11 is 0. The third kappa shape index (κ3) is 4.69. The lowest BCUT2D eigenvalue weighted by Crippen LogP contribution is -2.50. The lowest BCUT2D eigenvalue weighted by molar-refractivity contribution is -0.119. The van der Waals surface area contributed by atoms with E-state index in [1.54, 1.807) is 41.3 Å². The van der Waals surface area contributed by atoms with Crippen molar-refractivity contribution in [2.75, 3.05) is 28.6 Å². The number of nitrogens with two attached hydrogens (primary N) is 1. The molecule has 1 unspecified atom stereocenters. The summed E-state index contributed by atoms with van der Waals surface area (Å²) in [6, 6.07) is 9.30. The number of halogens is 3. The van der Waals surface area contributed by atoms with Crippen LogP contribution in [0.15, 0.2) is 53.9 Å². The summed E-state index contributed by atoms with van der Waals surface area (Å²) in [4.78, 5) is 21.4. The highest BCUT2D eigenvalue weighted by molar-refractivity contribution is 8.27. The van der Waals surface area contributed by atoms with Gasteiger partial charge in [-0.25, -0.2) is 18.2 Å². The van der Waals surface area contributed by atoms with Gasteiger partial charge in [0.15, 0.2) is 11.6 Å². The summed E-state index contributed by atoms with van der Waals surface area (Å²) in [6.45, 7) is 0.0877. The van der Waals surface area contributed by atoms with E-state index in [1.165, 1.54) is 14.9 Å². The van der Waals surface area contributed by atoms with Crippen LogP contribution < -0.4 is 15.5 Å². The fourth-order valence-corrected chi connectivity index (χ4v) is 6.01. The van der Waals surface area contributed by atoms with Gasteiger partial charge in [-0.15, -0.1) is 0 Å². The number of piperidine rings is 1. The van der Waals surface area contributed by atoms with E-state index in [1.807, 2.05) is 0 Å². The van der Waals surface area contributed by atoms with E-state index in [2.05, 4.69) is 4.98 Å². The standard InChI is InChI=1S/C24H26F3N5O3S/c25-17-6-8-30(12-20(17)28)24-29-21-10-18(26)19(27)11-22(21)31(24)13-23(33)32(15-4-2-1-3-5-15)16-7-9-36(34,35)14-16/h1-5,7,9-11,16-17,20,34-35H,6,8,12-14,28H2/t16?,17-,20-/m1/s1. The summed E-state index contributed by atoms with van der Waals surface area (Å²) in [5.41, 5.74) is 6.82. The molecule has 1 aromatic heterocycles. The number of benzene rings is 2. The topological polar surface area (TPSA) is 108 Å². The van der Waals surface area contributed by atoms with Crippen molar-refractivity contribution in [2.24, 2.45) is 5.73 Å². The molecule has 1 saturated heterocycles. The van der Waals surface area contributed by atoms with Gasteiger partial charge in [0.1, 0.15) is 12.7 Å². The zero-order valence-electron chi connectivity index (χ0n) is 19.2. The molecule has 0 radical (unpaired) electrons. The minimum atomic E-state index is -2.97. The van der Waals surface area contributed by atoms with Crippen molar-refractivity contribution in [3.8, 4) is 0 Å².